The van der Waals surface area contributed by atoms with Crippen molar-refractivity contribution in [3.05, 3.63) is 59.7 Å². The number of benzene rings is 2. The van der Waals surface area contributed by atoms with Crippen molar-refractivity contribution in [1.82, 2.24) is 19.6 Å². The number of piperazine rings is 2. The highest BCUT2D eigenvalue weighted by molar-refractivity contribution is 8.78. The minimum absolute atomic E-state index is 0.305. The van der Waals surface area contributed by atoms with E-state index in [4.69, 9.17) is 0 Å². The van der Waals surface area contributed by atoms with Crippen molar-refractivity contribution in [2.75, 3.05) is 24.7 Å². The van der Waals surface area contributed by atoms with Crippen LogP contribution in [0.1, 0.15) is 37.8 Å². The first-order valence-electron chi connectivity index (χ1n) is 16.0. The van der Waals surface area contributed by atoms with E-state index in [1.807, 2.05) is 62.4 Å². The summed E-state index contributed by atoms with van der Waals surface area (Å²) in [7, 11) is 8.20. The Morgan fingerprint density at radius 1 is 0.625 bits per heavy atom. The van der Waals surface area contributed by atoms with Gasteiger partial charge in [-0.05, 0) is 57.7 Å². The van der Waals surface area contributed by atoms with Crippen LogP contribution in [0.15, 0.2) is 48.5 Å². The number of nitrogens with zero attached hydrogens (tertiary/aromatic N) is 4. The number of aliphatic hydroxyl groups is 2. The fourth-order valence-corrected chi connectivity index (χ4v) is 18.4. The molecule has 0 aromatic heterocycles. The third-order valence-corrected chi connectivity index (χ3v) is 20.3. The average Bonchev–Trinajstić information content (AvgIpc) is 3.75. The number of carbonyl (C=O) groups is 4. The maximum atomic E-state index is 14.9. The monoisotopic (exact) mass is 724 g/mol. The number of anilines is 2. The van der Waals surface area contributed by atoms with Gasteiger partial charge in [0.05, 0.1) is 10.8 Å². The van der Waals surface area contributed by atoms with E-state index in [2.05, 4.69) is 10.6 Å². The third-order valence-electron chi connectivity index (χ3n) is 12.7. The number of carbonyl (C=O) groups excluding carboxylic acids is 4. The van der Waals surface area contributed by atoms with Gasteiger partial charge in [-0.1, -0.05) is 71.8 Å². The predicted molar refractivity (Wildman–Crippen MR) is 184 cm³/mol. The van der Waals surface area contributed by atoms with E-state index in [1.54, 1.807) is 23.9 Å². The average molecular weight is 725 g/mol. The molecule has 8 saturated heterocycles. The fraction of sp³-hybridized carbons (Fsp3) is 0.500. The zero-order chi connectivity index (χ0) is 33.6. The molecule has 10 atom stereocenters. The number of amides is 4. The largest absolute Gasteiger partial charge is 0.388 e. The zero-order valence-corrected chi connectivity index (χ0v) is 29.6. The highest BCUT2D eigenvalue weighted by Crippen LogP contribution is 2.78. The number of rotatable bonds is 3. The Hall–Kier alpha value is -2.76. The first kappa shape index (κ1) is 30.1. The molecule has 2 spiro atoms. The molecule has 0 saturated carbocycles. The van der Waals surface area contributed by atoms with Crippen LogP contribution >= 0.6 is 43.2 Å². The van der Waals surface area contributed by atoms with E-state index in [9.17, 15) is 29.4 Å². The van der Waals surface area contributed by atoms with Crippen LogP contribution < -0.4 is 10.6 Å². The molecule has 4 bridgehead atoms. The van der Waals surface area contributed by atoms with Gasteiger partial charge in [0.25, 0.3) is 23.6 Å². The van der Waals surface area contributed by atoms with Crippen molar-refractivity contribution < 1.29 is 29.4 Å². The van der Waals surface area contributed by atoms with E-state index in [1.165, 1.54) is 53.0 Å². The molecule has 12 nitrogen and oxygen atoms in total. The second-order valence-corrected chi connectivity index (χ2v) is 19.1. The topological polar surface area (TPSA) is 146 Å². The molecule has 10 heterocycles. The number of fused-ring (bicyclic) bond motifs is 11. The molecule has 250 valence electrons. The van der Waals surface area contributed by atoms with Crippen molar-refractivity contribution in [3.8, 4) is 0 Å². The molecule has 48 heavy (non-hydrogen) atoms. The Morgan fingerprint density at radius 3 is 1.38 bits per heavy atom. The normalized spacial score (nSPS) is 45.5. The van der Waals surface area contributed by atoms with Gasteiger partial charge >= 0.3 is 0 Å². The van der Waals surface area contributed by atoms with E-state index in [-0.39, 0.29) is 11.8 Å². The number of likely N-dealkylation sites (N-methyl/N-ethyl adjacent to an activating group) is 2. The number of hydrogen-bond acceptors (Lipinski definition) is 12. The number of hydrogen-bond donors (Lipinski definition) is 4. The number of nitrogens with one attached hydrogen (secondary N) is 2. The molecule has 12 rings (SSSR count). The summed E-state index contributed by atoms with van der Waals surface area (Å²) < 4.78 is 0. The Balaban J connectivity index is 1.34. The maximum Gasteiger partial charge on any atom is 0.264 e. The second kappa shape index (κ2) is 8.75. The second-order valence-electron chi connectivity index (χ2n) is 13.8. The molecule has 10 aliphatic heterocycles. The lowest BCUT2D eigenvalue weighted by Crippen LogP contribution is -2.78. The van der Waals surface area contributed by atoms with Crippen molar-refractivity contribution in [1.29, 1.82) is 0 Å². The minimum Gasteiger partial charge on any atom is -0.388 e. The SMILES string of the molecule is CC[C@@]12SS[C@]3(C(=O)N1C)[C@@H](O)[C@]1(C45c6ccccc6N[C@@H]4N4C(=O)[C@@]6(CC)SS[C@@]4(C(=O)N6C)[C@H]5O)c4ccccc4N[C@@H]1N3C2=O. The van der Waals surface area contributed by atoms with E-state index in [0.717, 1.165) is 0 Å². The summed E-state index contributed by atoms with van der Waals surface area (Å²) in [5, 5.41) is 33.9. The van der Waals surface area contributed by atoms with Gasteiger partial charge in [-0.15, -0.1) is 0 Å². The Labute approximate surface area is 291 Å². The van der Waals surface area contributed by atoms with Crippen LogP contribution in [-0.2, 0) is 30.0 Å². The van der Waals surface area contributed by atoms with Crippen LogP contribution in [0.5, 0.6) is 0 Å². The molecule has 2 aromatic carbocycles. The van der Waals surface area contributed by atoms with E-state index in [0.29, 0.717) is 35.3 Å². The highest BCUT2D eigenvalue weighted by atomic mass is 33.1. The van der Waals surface area contributed by atoms with Crippen LogP contribution in [0.4, 0.5) is 11.4 Å². The van der Waals surface area contributed by atoms with Crippen LogP contribution in [0.2, 0.25) is 0 Å². The Kier molecular flexibility index (Phi) is 5.48. The van der Waals surface area contributed by atoms with Crippen LogP contribution in [-0.4, -0.2) is 112 Å². The Morgan fingerprint density at radius 2 is 1.00 bits per heavy atom. The standard InChI is InChI=1S/C32H32N6O6S4/c1-5-27-23(41)37-21-29(15-11-7-9-13-17(15)33-21,19(39)31(37,47-45-27)25(43)35(27)3)30-16-12-8-10-14-18(16)34-22(30)38-24(42)28(6-2)36(4)26(44)32(38,20(30)40)48-46-28/h7-14,19-22,33-34,39-40H,5-6H2,1-4H3/t19-,20-,21+,22+,27-,28+,29+,30?,31-,32+/m0/s1. The van der Waals surface area contributed by atoms with Crippen molar-refractivity contribution in [2.45, 2.75) is 81.5 Å². The number of para-hydroxylation sites is 2. The lowest BCUT2D eigenvalue weighted by atomic mass is 9.52. The molecule has 8 fully saturated rings. The van der Waals surface area contributed by atoms with Gasteiger partial charge in [-0.25, -0.2) is 0 Å². The molecule has 0 aliphatic carbocycles. The predicted octanol–water partition coefficient (Wildman–Crippen LogP) is 2.11. The van der Waals surface area contributed by atoms with Crippen LogP contribution in [0.25, 0.3) is 0 Å². The number of aliphatic hydroxyl groups excluding tert-OH is 2. The van der Waals surface area contributed by atoms with Gasteiger partial charge in [0.2, 0.25) is 9.74 Å². The van der Waals surface area contributed by atoms with Gasteiger partial charge in [0.15, 0.2) is 9.74 Å². The van der Waals surface area contributed by atoms with Gasteiger partial charge < -0.3 is 30.6 Å². The van der Waals surface area contributed by atoms with Gasteiger partial charge in [0.1, 0.15) is 24.5 Å². The summed E-state index contributed by atoms with van der Waals surface area (Å²) in [5.74, 6) is -1.40. The molecule has 4 amide bonds. The smallest absolute Gasteiger partial charge is 0.264 e. The summed E-state index contributed by atoms with van der Waals surface area (Å²) in [4.78, 5) is 59.4. The summed E-state index contributed by atoms with van der Waals surface area (Å²) in [5.41, 5.74) is -0.748. The molecule has 2 aromatic rings. The highest BCUT2D eigenvalue weighted by Gasteiger charge is 2.93. The lowest BCUT2D eigenvalue weighted by Gasteiger charge is -2.59. The summed E-state index contributed by atoms with van der Waals surface area (Å²) in [6.45, 7) is 3.74. The van der Waals surface area contributed by atoms with Crippen LogP contribution in [0.3, 0.4) is 0 Å². The van der Waals surface area contributed by atoms with Gasteiger partial charge in [0, 0.05) is 25.5 Å². The van der Waals surface area contributed by atoms with Gasteiger partial charge in [-0.3, -0.25) is 29.0 Å². The van der Waals surface area contributed by atoms with Crippen LogP contribution in [0, 0.1) is 0 Å². The van der Waals surface area contributed by atoms with Crippen molar-refractivity contribution >= 4 is 78.2 Å². The molecule has 1 unspecified atom stereocenters. The molecule has 4 N–H and O–H groups in total. The van der Waals surface area contributed by atoms with E-state index < -0.39 is 66.7 Å². The summed E-state index contributed by atoms with van der Waals surface area (Å²) >= 11 is 0. The Bertz CT molecular complexity index is 1800. The molecule has 16 heteroatoms. The fourth-order valence-electron chi connectivity index (χ4n) is 10.5. The lowest BCUT2D eigenvalue weighted by molar-refractivity contribution is -0.167. The summed E-state index contributed by atoms with van der Waals surface area (Å²) in [6.07, 6.45) is -4.51. The zero-order valence-electron chi connectivity index (χ0n) is 26.3. The van der Waals surface area contributed by atoms with Crippen molar-refractivity contribution in [3.63, 3.8) is 0 Å². The molecular weight excluding hydrogens is 693 g/mol. The molecule has 0 radical (unpaired) electrons. The van der Waals surface area contributed by atoms with Gasteiger partial charge in [-0.2, -0.15) is 0 Å². The third kappa shape index (κ3) is 2.48. The van der Waals surface area contributed by atoms with E-state index >= 15 is 0 Å². The molecule has 10 aliphatic rings. The quantitative estimate of drug-likeness (QED) is 0.344. The first-order chi connectivity index (χ1) is 23.0. The minimum atomic E-state index is -1.76. The van der Waals surface area contributed by atoms with Crippen molar-refractivity contribution in [2.24, 2.45) is 0 Å². The first-order valence-corrected chi connectivity index (χ1v) is 20.3. The summed E-state index contributed by atoms with van der Waals surface area (Å²) in [6, 6.07) is 14.9. The molecular formula is C32H32N6O6S4. The maximum absolute atomic E-state index is 14.9.